The molecule has 0 radical (unpaired) electrons. The molecule has 0 aromatic rings. The molecule has 0 rings (SSSR count). The second-order valence-electron chi connectivity index (χ2n) is 21.3. The molecule has 0 bridgehead atoms. The Morgan fingerprint density at radius 3 is 0.422 bits per heavy atom. The van der Waals surface area contributed by atoms with Crippen LogP contribution in [0, 0.1) is 0 Å². The minimum absolute atomic E-state index is 0.0371. The normalized spacial score (nSPS) is 11.5. The van der Waals surface area contributed by atoms with Crippen molar-refractivity contribution in [2.45, 2.75) is 373 Å². The van der Waals surface area contributed by atoms with E-state index in [9.17, 15) is 4.79 Å². The van der Waals surface area contributed by atoms with Gasteiger partial charge in [0.25, 0.3) is 0 Å². The highest BCUT2D eigenvalue weighted by Gasteiger charge is 2.01. The highest BCUT2D eigenvalue weighted by atomic mass is 16.2. The summed E-state index contributed by atoms with van der Waals surface area (Å²) in [6, 6.07) is 0.0371. The van der Waals surface area contributed by atoms with Crippen molar-refractivity contribution in [3.8, 4) is 0 Å². The number of hydrogen-bond donors (Lipinski definition) is 2. The van der Waals surface area contributed by atoms with E-state index >= 15 is 0 Å². The third-order valence-corrected chi connectivity index (χ3v) is 14.6. The number of hydrogen-bond acceptors (Lipinski definition) is 1. The first kappa shape index (κ1) is 63.3. The molecule has 0 heterocycles. The maximum absolute atomic E-state index is 12.1. The third-order valence-electron chi connectivity index (χ3n) is 14.6. The quantitative estimate of drug-likeness (QED) is 0.0587. The molecule has 384 valence electrons. The fourth-order valence-electron chi connectivity index (χ4n) is 10.1. The number of carbonyl (C=O) groups is 1. The van der Waals surface area contributed by atoms with Gasteiger partial charge in [-0.15, -0.1) is 0 Å². The van der Waals surface area contributed by atoms with Crippen molar-refractivity contribution in [2.75, 3.05) is 13.1 Å². The van der Waals surface area contributed by atoms with Crippen LogP contribution in [0.4, 0.5) is 4.79 Å². The van der Waals surface area contributed by atoms with Crippen LogP contribution < -0.4 is 10.6 Å². The predicted molar refractivity (Wildman–Crippen MR) is 291 cm³/mol. The molecule has 0 spiro atoms. The van der Waals surface area contributed by atoms with Gasteiger partial charge in [0.15, 0.2) is 0 Å². The lowest BCUT2D eigenvalue weighted by Crippen LogP contribution is -2.36. The van der Waals surface area contributed by atoms with Crippen LogP contribution in [0.5, 0.6) is 0 Å². The summed E-state index contributed by atoms with van der Waals surface area (Å²) in [7, 11) is 0. The van der Waals surface area contributed by atoms with Gasteiger partial charge in [0.05, 0.1) is 0 Å². The Hall–Kier alpha value is -0.730. The van der Waals surface area contributed by atoms with Crippen molar-refractivity contribution in [1.82, 2.24) is 10.6 Å². The number of unbranched alkanes of at least 4 members (excludes halogenated alkanes) is 54. The molecule has 0 aliphatic carbocycles. The topological polar surface area (TPSA) is 41.1 Å². The van der Waals surface area contributed by atoms with Gasteiger partial charge < -0.3 is 10.6 Å². The van der Waals surface area contributed by atoms with E-state index in [0.29, 0.717) is 0 Å². The minimum atomic E-state index is 0.0371. The molecule has 3 heteroatoms. The van der Waals surface area contributed by atoms with Gasteiger partial charge in [0.2, 0.25) is 0 Å². The summed E-state index contributed by atoms with van der Waals surface area (Å²) >= 11 is 0. The van der Waals surface area contributed by atoms with E-state index in [0.717, 1.165) is 25.9 Å². The monoisotopic (exact) mass is 901 g/mol. The van der Waals surface area contributed by atoms with Crippen molar-refractivity contribution < 1.29 is 4.79 Å². The number of carbonyl (C=O) groups excluding carboxylic acids is 1. The van der Waals surface area contributed by atoms with E-state index in [1.807, 2.05) is 0 Å². The Morgan fingerprint density at radius 2 is 0.297 bits per heavy atom. The van der Waals surface area contributed by atoms with Gasteiger partial charge in [-0.3, -0.25) is 0 Å². The average molecular weight is 902 g/mol. The van der Waals surface area contributed by atoms with Gasteiger partial charge in [-0.1, -0.05) is 361 Å². The molecule has 3 nitrogen and oxygen atoms in total. The Bertz CT molecular complexity index is 750. The standard InChI is InChI=1S/C61H124N2O/c1-3-5-7-9-11-13-15-17-19-21-23-25-27-29-31-33-35-37-39-41-43-45-47-49-51-53-55-57-59-62-61(64)63-60-58-56-54-52-50-48-46-44-42-40-38-36-34-32-30-28-26-24-22-20-18-16-14-12-10-8-6-4-2/h3-60H2,1-2H3,(H2,62,63,64). The van der Waals surface area contributed by atoms with Gasteiger partial charge in [-0.25, -0.2) is 4.79 Å². The van der Waals surface area contributed by atoms with Crippen molar-refractivity contribution in [3.63, 3.8) is 0 Å². The van der Waals surface area contributed by atoms with E-state index < -0.39 is 0 Å². The number of rotatable bonds is 58. The highest BCUT2D eigenvalue weighted by Crippen LogP contribution is 2.19. The molecule has 2 amide bonds. The molecular formula is C61H124N2O. The maximum atomic E-state index is 12.1. The Morgan fingerprint density at radius 1 is 0.188 bits per heavy atom. The molecule has 2 N–H and O–H groups in total. The minimum Gasteiger partial charge on any atom is -0.338 e. The van der Waals surface area contributed by atoms with E-state index in [-0.39, 0.29) is 6.03 Å². The largest absolute Gasteiger partial charge is 0.338 e. The summed E-state index contributed by atoms with van der Waals surface area (Å²) in [4.78, 5) is 12.1. The van der Waals surface area contributed by atoms with Crippen LogP contribution in [0.2, 0.25) is 0 Å². The Balaban J connectivity index is 3.14. The van der Waals surface area contributed by atoms with E-state index in [4.69, 9.17) is 0 Å². The highest BCUT2D eigenvalue weighted by molar-refractivity contribution is 5.73. The molecule has 0 unspecified atom stereocenters. The van der Waals surface area contributed by atoms with Crippen LogP contribution in [0.1, 0.15) is 373 Å². The zero-order valence-electron chi connectivity index (χ0n) is 44.9. The summed E-state index contributed by atoms with van der Waals surface area (Å²) in [5.74, 6) is 0. The lowest BCUT2D eigenvalue weighted by Gasteiger charge is -2.08. The number of urea groups is 1. The van der Waals surface area contributed by atoms with Crippen molar-refractivity contribution in [2.24, 2.45) is 0 Å². The van der Waals surface area contributed by atoms with Gasteiger partial charge in [-0.05, 0) is 12.8 Å². The second-order valence-corrected chi connectivity index (χ2v) is 21.3. The number of amides is 2. The fourth-order valence-corrected chi connectivity index (χ4v) is 10.1. The van der Waals surface area contributed by atoms with Crippen molar-refractivity contribution >= 4 is 6.03 Å². The maximum Gasteiger partial charge on any atom is 0.314 e. The lowest BCUT2D eigenvalue weighted by atomic mass is 10.0. The molecule has 0 saturated carbocycles. The summed E-state index contributed by atoms with van der Waals surface area (Å²) < 4.78 is 0. The number of nitrogens with one attached hydrogen (secondary N) is 2. The first-order chi connectivity index (χ1) is 31.8. The summed E-state index contributed by atoms with van der Waals surface area (Å²) in [6.45, 7) is 6.26. The molecule has 0 aliphatic rings. The molecule has 0 aliphatic heterocycles. The van der Waals surface area contributed by atoms with Crippen LogP contribution in [0.25, 0.3) is 0 Å². The zero-order valence-corrected chi connectivity index (χ0v) is 44.9. The van der Waals surface area contributed by atoms with Gasteiger partial charge in [-0.2, -0.15) is 0 Å². The van der Waals surface area contributed by atoms with E-state index in [1.54, 1.807) is 0 Å². The Labute approximate surface area is 406 Å². The van der Waals surface area contributed by atoms with Gasteiger partial charge in [0, 0.05) is 13.1 Å². The second kappa shape index (κ2) is 60.3. The van der Waals surface area contributed by atoms with E-state index in [2.05, 4.69) is 24.5 Å². The van der Waals surface area contributed by atoms with Gasteiger partial charge >= 0.3 is 6.03 Å². The molecule has 64 heavy (non-hydrogen) atoms. The van der Waals surface area contributed by atoms with Crippen LogP contribution in [0.15, 0.2) is 0 Å². The van der Waals surface area contributed by atoms with E-state index in [1.165, 1.54) is 347 Å². The first-order valence-electron chi connectivity index (χ1n) is 30.8. The smallest absolute Gasteiger partial charge is 0.314 e. The summed E-state index contributed by atoms with van der Waals surface area (Å²) in [6.07, 6.45) is 80.1. The Kier molecular flexibility index (Phi) is 59.6. The summed E-state index contributed by atoms with van der Waals surface area (Å²) in [5.41, 5.74) is 0. The first-order valence-corrected chi connectivity index (χ1v) is 30.8. The average Bonchev–Trinajstić information content (AvgIpc) is 3.30. The molecule has 0 aromatic carbocycles. The molecule has 0 atom stereocenters. The molecule has 0 saturated heterocycles. The lowest BCUT2D eigenvalue weighted by molar-refractivity contribution is 0.240. The third kappa shape index (κ3) is 59.3. The van der Waals surface area contributed by atoms with Crippen molar-refractivity contribution in [1.29, 1.82) is 0 Å². The SMILES string of the molecule is CCCCCCCCCCCCCCCCCCCCCCCCCCCCCCNC(=O)NCCCCCCCCCCCCCCCCCCCCCCCCCCCCCC. The zero-order chi connectivity index (χ0) is 46.0. The molecule has 0 aromatic heterocycles. The van der Waals surface area contributed by atoms with Crippen LogP contribution in [0.3, 0.4) is 0 Å². The molecular weight excluding hydrogens is 777 g/mol. The van der Waals surface area contributed by atoms with Crippen molar-refractivity contribution in [3.05, 3.63) is 0 Å². The van der Waals surface area contributed by atoms with Crippen LogP contribution in [-0.2, 0) is 0 Å². The van der Waals surface area contributed by atoms with Gasteiger partial charge in [0.1, 0.15) is 0 Å². The molecule has 0 fully saturated rings. The fraction of sp³-hybridized carbons (Fsp3) is 0.984. The van der Waals surface area contributed by atoms with Crippen LogP contribution in [-0.4, -0.2) is 19.1 Å². The predicted octanol–water partition coefficient (Wildman–Crippen LogP) is 22.2. The summed E-state index contributed by atoms with van der Waals surface area (Å²) in [5, 5.41) is 6.15. The van der Waals surface area contributed by atoms with Crippen LogP contribution >= 0.6 is 0 Å².